The number of nitrogens with zero attached hydrogens (tertiary/aromatic N) is 1. The third-order valence-electron chi connectivity index (χ3n) is 2.41. The first-order valence-corrected chi connectivity index (χ1v) is 4.99. The average molecular weight is 340 g/mol. The van der Waals surface area contributed by atoms with E-state index in [1.807, 2.05) is 0 Å². The van der Waals surface area contributed by atoms with Crippen LogP contribution in [0.2, 0.25) is 0 Å². The number of hydrogen-bond acceptors (Lipinski definition) is 6. The van der Waals surface area contributed by atoms with Gasteiger partial charge in [-0.05, 0) is 6.08 Å². The quantitative estimate of drug-likeness (QED) is 0.185. The molecule has 0 aliphatic carbocycles. The molecule has 0 bridgehead atoms. The second-order valence-electron chi connectivity index (χ2n) is 3.87. The Kier molecular flexibility index (Phi) is 17.5. The number of quaternary nitrogens is 1. The molecule has 0 aliphatic rings. The third kappa shape index (κ3) is 9.54. The van der Waals surface area contributed by atoms with Gasteiger partial charge in [0.1, 0.15) is 6.54 Å². The van der Waals surface area contributed by atoms with Crippen molar-refractivity contribution in [1.82, 2.24) is 6.15 Å². The van der Waals surface area contributed by atoms with Gasteiger partial charge in [0, 0.05) is 0 Å². The standard InChI is InChI=1S/C10H13NO8.H3N.2Na.2H/c1-2-6(10(18)19)11(3-7(12)13,4-8(14)15)5-9(16)17;;;;;/h2,6H,1,3-5H2,(H3-,12,13,14,15,16,17,18,19);1H3;;;;. The molecular formula is C10H18N2Na2O8. The Morgan fingerprint density at radius 2 is 1.36 bits per heavy atom. The molecule has 10 nitrogen and oxygen atoms in total. The van der Waals surface area contributed by atoms with Gasteiger partial charge in [-0.15, -0.1) is 0 Å². The summed E-state index contributed by atoms with van der Waals surface area (Å²) in [6.45, 7) is 0.113. The van der Waals surface area contributed by atoms with Gasteiger partial charge in [0.15, 0.2) is 13.1 Å². The molecule has 0 aliphatic heterocycles. The van der Waals surface area contributed by atoms with Crippen LogP contribution in [0.5, 0.6) is 0 Å². The molecule has 0 aromatic rings. The van der Waals surface area contributed by atoms with Gasteiger partial charge in [-0.25, -0.2) is 14.4 Å². The van der Waals surface area contributed by atoms with E-state index in [1.54, 1.807) is 0 Å². The van der Waals surface area contributed by atoms with Crippen LogP contribution in [0.1, 0.15) is 0 Å². The molecule has 1 atom stereocenters. The monoisotopic (exact) mass is 340 g/mol. The maximum atomic E-state index is 11.0. The Labute approximate surface area is 170 Å². The van der Waals surface area contributed by atoms with E-state index in [4.69, 9.17) is 15.3 Å². The van der Waals surface area contributed by atoms with Gasteiger partial charge in [-0.1, -0.05) is 6.58 Å². The van der Waals surface area contributed by atoms with Crippen LogP contribution in [0, 0.1) is 0 Å². The molecular weight excluding hydrogens is 322 g/mol. The van der Waals surface area contributed by atoms with E-state index in [0.717, 1.165) is 6.08 Å². The second-order valence-corrected chi connectivity index (χ2v) is 3.87. The summed E-state index contributed by atoms with van der Waals surface area (Å²) in [6.07, 6.45) is 0.803. The van der Waals surface area contributed by atoms with Crippen LogP contribution in [0.15, 0.2) is 12.7 Å². The molecule has 0 fully saturated rings. The fourth-order valence-electron chi connectivity index (χ4n) is 1.82. The van der Waals surface area contributed by atoms with Crippen molar-refractivity contribution in [1.29, 1.82) is 0 Å². The number of carbonyl (C=O) groups excluding carboxylic acids is 1. The predicted molar refractivity (Wildman–Crippen MR) is 76.1 cm³/mol. The van der Waals surface area contributed by atoms with Gasteiger partial charge >= 0.3 is 77.0 Å². The molecule has 1 unspecified atom stereocenters. The van der Waals surface area contributed by atoms with Crippen LogP contribution in [0.3, 0.4) is 0 Å². The first kappa shape index (κ1) is 29.5. The zero-order valence-electron chi connectivity index (χ0n) is 10.5. The fraction of sp³-hybridized carbons (Fsp3) is 0.400. The van der Waals surface area contributed by atoms with Crippen LogP contribution in [0.25, 0.3) is 0 Å². The van der Waals surface area contributed by atoms with E-state index in [2.05, 4.69) is 6.58 Å². The van der Waals surface area contributed by atoms with Gasteiger partial charge in [0.05, 0.1) is 5.97 Å². The molecule has 0 heterocycles. The van der Waals surface area contributed by atoms with Crippen molar-refractivity contribution in [2.24, 2.45) is 0 Å². The number of hydrogen-bond donors (Lipinski definition) is 4. The van der Waals surface area contributed by atoms with Crippen molar-refractivity contribution < 1.29 is 44.1 Å². The Hall–Kier alpha value is -0.460. The van der Waals surface area contributed by atoms with E-state index in [0.29, 0.717) is 0 Å². The van der Waals surface area contributed by atoms with E-state index in [9.17, 15) is 24.3 Å². The summed E-state index contributed by atoms with van der Waals surface area (Å²) in [4.78, 5) is 43.3. The Morgan fingerprint density at radius 1 is 1.00 bits per heavy atom. The third-order valence-corrected chi connectivity index (χ3v) is 2.41. The van der Waals surface area contributed by atoms with E-state index < -0.39 is 54.0 Å². The average Bonchev–Trinajstić information content (AvgIpc) is 2.12. The zero-order valence-corrected chi connectivity index (χ0v) is 10.5. The van der Waals surface area contributed by atoms with Gasteiger partial charge in [0.25, 0.3) is 0 Å². The number of rotatable bonds is 9. The van der Waals surface area contributed by atoms with Crippen molar-refractivity contribution in [2.45, 2.75) is 6.04 Å². The molecule has 0 radical (unpaired) electrons. The van der Waals surface area contributed by atoms with Crippen LogP contribution in [-0.4, -0.2) is 128 Å². The van der Waals surface area contributed by atoms with Crippen LogP contribution in [0.4, 0.5) is 0 Å². The Morgan fingerprint density at radius 3 is 1.55 bits per heavy atom. The van der Waals surface area contributed by atoms with E-state index >= 15 is 0 Å². The van der Waals surface area contributed by atoms with E-state index in [-0.39, 0.29) is 65.3 Å². The minimum atomic E-state index is -1.75. The summed E-state index contributed by atoms with van der Waals surface area (Å²) < 4.78 is -1.24. The molecule has 22 heavy (non-hydrogen) atoms. The van der Waals surface area contributed by atoms with Crippen LogP contribution < -0.4 is 11.3 Å². The molecule has 0 rings (SSSR count). The summed E-state index contributed by atoms with van der Waals surface area (Å²) in [7, 11) is 0. The topological polar surface area (TPSA) is 187 Å². The molecule has 0 saturated carbocycles. The Bertz CT molecular complexity index is 388. The molecule has 6 N–H and O–H groups in total. The summed E-state index contributed by atoms with van der Waals surface area (Å²) in [6, 6.07) is -1.69. The van der Waals surface area contributed by atoms with Crippen molar-refractivity contribution >= 4 is 83.0 Å². The van der Waals surface area contributed by atoms with Crippen LogP contribution >= 0.6 is 0 Å². The predicted octanol–water partition coefficient (Wildman–Crippen LogP) is -3.77. The SMILES string of the molecule is C=CC(C(=O)O)[N+](CC(=O)[O-])(CC(=O)O)CC(=O)O.N.[NaH].[NaH]. The van der Waals surface area contributed by atoms with Gasteiger partial charge in [-0.3, -0.25) is 4.48 Å². The number of carboxylic acid groups (broad SMARTS) is 4. The molecule has 12 heteroatoms. The number of carbonyl (C=O) groups is 4. The number of aliphatic carboxylic acids is 4. The second kappa shape index (κ2) is 13.0. The summed E-state index contributed by atoms with van der Waals surface area (Å²) >= 11 is 0. The van der Waals surface area contributed by atoms with Crippen molar-refractivity contribution in [3.05, 3.63) is 12.7 Å². The fourth-order valence-corrected chi connectivity index (χ4v) is 1.82. The molecule has 0 amide bonds. The van der Waals surface area contributed by atoms with Crippen molar-refractivity contribution in [2.75, 3.05) is 19.6 Å². The molecule has 0 saturated heterocycles. The molecule has 0 spiro atoms. The maximum absolute atomic E-state index is 11.0. The van der Waals surface area contributed by atoms with Crippen molar-refractivity contribution in [3.8, 4) is 0 Å². The molecule has 0 aromatic heterocycles. The van der Waals surface area contributed by atoms with Gasteiger partial charge < -0.3 is 31.4 Å². The number of carboxylic acids is 4. The zero-order chi connectivity index (χ0) is 15.2. The molecule has 0 aromatic carbocycles. The van der Waals surface area contributed by atoms with Gasteiger partial charge in [-0.2, -0.15) is 0 Å². The van der Waals surface area contributed by atoms with Crippen molar-refractivity contribution in [3.63, 3.8) is 0 Å². The summed E-state index contributed by atoms with van der Waals surface area (Å²) in [5, 5.41) is 37.1. The van der Waals surface area contributed by atoms with Crippen LogP contribution in [-0.2, 0) is 19.2 Å². The minimum absolute atomic E-state index is 0. The summed E-state index contributed by atoms with van der Waals surface area (Å²) in [5.74, 6) is -6.39. The van der Waals surface area contributed by atoms with E-state index in [1.165, 1.54) is 0 Å². The summed E-state index contributed by atoms with van der Waals surface area (Å²) in [5.41, 5.74) is 0. The normalized spacial score (nSPS) is 10.7. The van der Waals surface area contributed by atoms with Gasteiger partial charge in [0.2, 0.25) is 6.04 Å². The Balaban J connectivity index is -0.000000540. The first-order chi connectivity index (χ1) is 8.64. The first-order valence-electron chi connectivity index (χ1n) is 4.99. The molecule has 118 valence electrons.